The molecule has 0 aliphatic heterocycles. The maximum absolute atomic E-state index is 4.62. The lowest BCUT2D eigenvalue weighted by molar-refractivity contribution is 0.207. The predicted octanol–water partition coefficient (Wildman–Crippen LogP) is 3.50. The summed E-state index contributed by atoms with van der Waals surface area (Å²) in [5.41, 5.74) is 2.47. The first-order valence-electron chi connectivity index (χ1n) is 6.09. The van der Waals surface area contributed by atoms with E-state index in [0.29, 0.717) is 6.04 Å². The van der Waals surface area contributed by atoms with Gasteiger partial charge in [-0.05, 0) is 51.0 Å². The normalized spacial score (nSPS) is 31.9. The van der Waals surface area contributed by atoms with Crippen molar-refractivity contribution in [2.45, 2.75) is 53.0 Å². The quantitative estimate of drug-likeness (QED) is 0.687. The summed E-state index contributed by atoms with van der Waals surface area (Å²) in [6, 6.07) is 2.82. The van der Waals surface area contributed by atoms with Gasteiger partial charge in [-0.1, -0.05) is 13.8 Å². The van der Waals surface area contributed by atoms with Gasteiger partial charge in [0.25, 0.3) is 0 Å². The third kappa shape index (κ3) is 2.24. The summed E-state index contributed by atoms with van der Waals surface area (Å²) in [5, 5.41) is 4.62. The van der Waals surface area contributed by atoms with Crippen molar-refractivity contribution in [3.8, 4) is 0 Å². The lowest BCUT2D eigenvalue weighted by Gasteiger charge is -2.32. The molecule has 15 heavy (non-hydrogen) atoms. The molecule has 2 rings (SSSR count). The van der Waals surface area contributed by atoms with E-state index in [1.54, 1.807) is 0 Å². The molecule has 0 spiro atoms. The summed E-state index contributed by atoms with van der Waals surface area (Å²) in [6.45, 7) is 8.99. The Kier molecular flexibility index (Phi) is 2.85. The van der Waals surface area contributed by atoms with E-state index in [4.69, 9.17) is 0 Å². The van der Waals surface area contributed by atoms with Gasteiger partial charge in [0, 0.05) is 5.69 Å². The summed E-state index contributed by atoms with van der Waals surface area (Å²) in [5.74, 6) is 1.70. The summed E-state index contributed by atoms with van der Waals surface area (Å²) < 4.78 is 2.25. The van der Waals surface area contributed by atoms with Crippen LogP contribution in [0.2, 0.25) is 0 Å². The van der Waals surface area contributed by atoms with Crippen molar-refractivity contribution >= 4 is 0 Å². The first-order chi connectivity index (χ1) is 7.06. The van der Waals surface area contributed by atoms with Crippen LogP contribution in [-0.2, 0) is 0 Å². The maximum atomic E-state index is 4.62. The van der Waals surface area contributed by atoms with Gasteiger partial charge < -0.3 is 0 Å². The third-order valence-corrected chi connectivity index (χ3v) is 3.54. The fourth-order valence-electron chi connectivity index (χ4n) is 3.12. The summed E-state index contributed by atoms with van der Waals surface area (Å²) >= 11 is 0. The summed E-state index contributed by atoms with van der Waals surface area (Å²) in [7, 11) is 0. The van der Waals surface area contributed by atoms with E-state index in [2.05, 4.69) is 43.5 Å². The van der Waals surface area contributed by atoms with Gasteiger partial charge in [-0.25, -0.2) is 0 Å². The second kappa shape index (κ2) is 3.99. The van der Waals surface area contributed by atoms with Crippen LogP contribution in [-0.4, -0.2) is 9.78 Å². The Labute approximate surface area is 92.7 Å². The van der Waals surface area contributed by atoms with Crippen LogP contribution in [0.15, 0.2) is 6.07 Å². The van der Waals surface area contributed by atoms with E-state index in [0.717, 1.165) is 17.5 Å². The fourth-order valence-corrected chi connectivity index (χ4v) is 3.12. The Morgan fingerprint density at radius 1 is 1.13 bits per heavy atom. The molecule has 1 fully saturated rings. The minimum Gasteiger partial charge on any atom is -0.267 e. The van der Waals surface area contributed by atoms with Gasteiger partial charge in [0.2, 0.25) is 0 Å². The lowest BCUT2D eigenvalue weighted by atomic mass is 9.80. The zero-order chi connectivity index (χ0) is 11.0. The van der Waals surface area contributed by atoms with Gasteiger partial charge in [-0.3, -0.25) is 4.68 Å². The van der Waals surface area contributed by atoms with E-state index < -0.39 is 0 Å². The van der Waals surface area contributed by atoms with Crippen molar-refractivity contribution in [1.82, 2.24) is 9.78 Å². The molecule has 0 aromatic carbocycles. The van der Waals surface area contributed by atoms with Crippen LogP contribution < -0.4 is 0 Å². The van der Waals surface area contributed by atoms with Crippen molar-refractivity contribution < 1.29 is 0 Å². The molecule has 1 heterocycles. The Bertz CT molecular complexity index is 330. The van der Waals surface area contributed by atoms with E-state index >= 15 is 0 Å². The second-order valence-electron chi connectivity index (χ2n) is 5.44. The number of hydrogen-bond donors (Lipinski definition) is 0. The standard InChI is InChI=1S/C13H22N2/c1-9-5-10(2)7-13(6-9)15-12(4)8-11(3)14-15/h8-10,13H,5-7H2,1-4H3. The molecule has 2 heteroatoms. The molecule has 2 unspecified atom stereocenters. The maximum Gasteiger partial charge on any atom is 0.0596 e. The molecule has 0 N–H and O–H groups in total. The predicted molar refractivity (Wildman–Crippen MR) is 62.9 cm³/mol. The zero-order valence-corrected chi connectivity index (χ0v) is 10.3. The SMILES string of the molecule is Cc1cc(C)n(C2CC(C)CC(C)C2)n1. The first-order valence-corrected chi connectivity index (χ1v) is 6.09. The molecule has 84 valence electrons. The van der Waals surface area contributed by atoms with Crippen molar-refractivity contribution in [1.29, 1.82) is 0 Å². The Morgan fingerprint density at radius 2 is 1.73 bits per heavy atom. The van der Waals surface area contributed by atoms with Crippen LogP contribution in [0.3, 0.4) is 0 Å². The lowest BCUT2D eigenvalue weighted by Crippen LogP contribution is -2.24. The molecule has 0 saturated heterocycles. The van der Waals surface area contributed by atoms with E-state index in [1.807, 2.05) is 0 Å². The number of nitrogens with zero attached hydrogens (tertiary/aromatic N) is 2. The Morgan fingerprint density at radius 3 is 2.20 bits per heavy atom. The van der Waals surface area contributed by atoms with Crippen molar-refractivity contribution in [2.75, 3.05) is 0 Å². The van der Waals surface area contributed by atoms with Crippen LogP contribution in [0.5, 0.6) is 0 Å². The summed E-state index contributed by atoms with van der Waals surface area (Å²) in [6.07, 6.45) is 3.98. The highest BCUT2D eigenvalue weighted by molar-refractivity contribution is 5.08. The zero-order valence-electron chi connectivity index (χ0n) is 10.3. The van der Waals surface area contributed by atoms with Crippen molar-refractivity contribution in [3.05, 3.63) is 17.5 Å². The molecular formula is C13H22N2. The minimum atomic E-state index is 0.637. The molecule has 1 aromatic heterocycles. The molecule has 1 saturated carbocycles. The topological polar surface area (TPSA) is 17.8 Å². The molecule has 0 radical (unpaired) electrons. The van der Waals surface area contributed by atoms with E-state index in [-0.39, 0.29) is 0 Å². The van der Waals surface area contributed by atoms with Crippen LogP contribution >= 0.6 is 0 Å². The molecule has 2 atom stereocenters. The second-order valence-corrected chi connectivity index (χ2v) is 5.44. The smallest absolute Gasteiger partial charge is 0.0596 e. The monoisotopic (exact) mass is 206 g/mol. The van der Waals surface area contributed by atoms with E-state index in [9.17, 15) is 0 Å². The Hall–Kier alpha value is -0.790. The molecule has 2 nitrogen and oxygen atoms in total. The van der Waals surface area contributed by atoms with E-state index in [1.165, 1.54) is 25.0 Å². The Balaban J connectivity index is 2.19. The molecular weight excluding hydrogens is 184 g/mol. The molecule has 1 aliphatic rings. The van der Waals surface area contributed by atoms with Crippen LogP contribution in [0, 0.1) is 25.7 Å². The highest BCUT2D eigenvalue weighted by atomic mass is 15.3. The van der Waals surface area contributed by atoms with Gasteiger partial charge in [-0.2, -0.15) is 5.10 Å². The minimum absolute atomic E-state index is 0.637. The number of hydrogen-bond acceptors (Lipinski definition) is 1. The van der Waals surface area contributed by atoms with Gasteiger partial charge in [0.1, 0.15) is 0 Å². The van der Waals surface area contributed by atoms with Gasteiger partial charge in [0.15, 0.2) is 0 Å². The third-order valence-electron chi connectivity index (χ3n) is 3.54. The van der Waals surface area contributed by atoms with Crippen molar-refractivity contribution in [2.24, 2.45) is 11.8 Å². The molecule has 0 amide bonds. The van der Waals surface area contributed by atoms with Gasteiger partial charge >= 0.3 is 0 Å². The van der Waals surface area contributed by atoms with Crippen LogP contribution in [0.25, 0.3) is 0 Å². The average Bonchev–Trinajstić information content (AvgIpc) is 2.43. The first kappa shape index (κ1) is 10.7. The van der Waals surface area contributed by atoms with Gasteiger partial charge in [-0.15, -0.1) is 0 Å². The number of aryl methyl sites for hydroxylation is 2. The highest BCUT2D eigenvalue weighted by Crippen LogP contribution is 2.36. The van der Waals surface area contributed by atoms with Crippen LogP contribution in [0.4, 0.5) is 0 Å². The van der Waals surface area contributed by atoms with Crippen LogP contribution in [0.1, 0.15) is 50.5 Å². The summed E-state index contributed by atoms with van der Waals surface area (Å²) in [4.78, 5) is 0. The molecule has 1 aliphatic carbocycles. The number of rotatable bonds is 1. The van der Waals surface area contributed by atoms with Gasteiger partial charge in [0.05, 0.1) is 11.7 Å². The fraction of sp³-hybridized carbons (Fsp3) is 0.769. The molecule has 1 aromatic rings. The molecule has 0 bridgehead atoms. The average molecular weight is 206 g/mol. The largest absolute Gasteiger partial charge is 0.267 e. The highest BCUT2D eigenvalue weighted by Gasteiger charge is 2.26. The number of aromatic nitrogens is 2. The van der Waals surface area contributed by atoms with Crippen molar-refractivity contribution in [3.63, 3.8) is 0 Å².